The highest BCUT2D eigenvalue weighted by Crippen LogP contribution is 2.44. The first-order chi connectivity index (χ1) is 10.9. The van der Waals surface area contributed by atoms with Crippen LogP contribution in [0.5, 0.6) is 5.75 Å². The van der Waals surface area contributed by atoms with E-state index in [4.69, 9.17) is 14.7 Å². The molecule has 3 rings (SSSR count). The van der Waals surface area contributed by atoms with Crippen LogP contribution in [-0.2, 0) is 9.53 Å². The van der Waals surface area contributed by atoms with Crippen LogP contribution in [0, 0.1) is 11.3 Å². The number of methoxy groups -OCH3 is 1. The quantitative estimate of drug-likeness (QED) is 0.894. The largest absolute Gasteiger partial charge is 0.499 e. The summed E-state index contributed by atoms with van der Waals surface area (Å²) in [5, 5.41) is 19.9. The molecule has 0 unspecified atom stereocenters. The number of hydrogen-bond donors (Lipinski definition) is 1. The number of carbonyl (C=O) groups is 1. The monoisotopic (exact) mass is 314 g/mol. The van der Waals surface area contributed by atoms with Crippen LogP contribution in [0.3, 0.4) is 0 Å². The van der Waals surface area contributed by atoms with Gasteiger partial charge < -0.3 is 19.5 Å². The normalized spacial score (nSPS) is 25.3. The van der Waals surface area contributed by atoms with E-state index in [9.17, 15) is 9.90 Å². The Morgan fingerprint density at radius 3 is 2.83 bits per heavy atom. The van der Waals surface area contributed by atoms with Crippen LogP contribution in [0.2, 0.25) is 0 Å². The smallest absolute Gasteiger partial charge is 0.251 e. The van der Waals surface area contributed by atoms with Gasteiger partial charge in [0, 0.05) is 11.6 Å². The first kappa shape index (κ1) is 15.4. The van der Waals surface area contributed by atoms with Crippen molar-refractivity contribution in [3.05, 3.63) is 41.2 Å². The molecule has 6 nitrogen and oxygen atoms in total. The lowest BCUT2D eigenvalue weighted by Crippen LogP contribution is -2.54. The number of nitrogens with zero attached hydrogens (tertiary/aromatic N) is 2. The van der Waals surface area contributed by atoms with Gasteiger partial charge in [0.05, 0.1) is 31.3 Å². The Morgan fingerprint density at radius 2 is 2.22 bits per heavy atom. The summed E-state index contributed by atoms with van der Waals surface area (Å²) in [6.45, 7) is 3.83. The topological polar surface area (TPSA) is 82.8 Å². The highest BCUT2D eigenvalue weighted by molar-refractivity contribution is 5.91. The number of rotatable bonds is 2. The summed E-state index contributed by atoms with van der Waals surface area (Å²) in [7, 11) is 1.51. The van der Waals surface area contributed by atoms with Crippen LogP contribution in [-0.4, -0.2) is 41.3 Å². The molecule has 2 aliphatic heterocycles. The molecule has 0 saturated heterocycles. The maximum absolute atomic E-state index is 12.3. The Kier molecular flexibility index (Phi) is 3.53. The van der Waals surface area contributed by atoms with Gasteiger partial charge in [0.1, 0.15) is 23.2 Å². The van der Waals surface area contributed by atoms with Crippen molar-refractivity contribution in [2.75, 3.05) is 13.7 Å². The number of amides is 1. The Hall–Kier alpha value is -2.52. The molecular weight excluding hydrogens is 296 g/mol. The second kappa shape index (κ2) is 5.28. The maximum Gasteiger partial charge on any atom is 0.251 e. The van der Waals surface area contributed by atoms with Gasteiger partial charge in [0.2, 0.25) is 0 Å². The summed E-state index contributed by atoms with van der Waals surface area (Å²) >= 11 is 0. The second-order valence-corrected chi connectivity index (χ2v) is 6.24. The molecule has 6 heteroatoms. The molecule has 2 heterocycles. The minimum atomic E-state index is -0.933. The molecule has 1 aromatic carbocycles. The molecule has 2 aliphatic rings. The zero-order valence-electron chi connectivity index (χ0n) is 13.2. The molecule has 2 atom stereocenters. The van der Waals surface area contributed by atoms with Crippen molar-refractivity contribution in [1.82, 2.24) is 4.90 Å². The van der Waals surface area contributed by atoms with Crippen molar-refractivity contribution >= 4 is 5.91 Å². The van der Waals surface area contributed by atoms with E-state index in [-0.39, 0.29) is 12.5 Å². The summed E-state index contributed by atoms with van der Waals surface area (Å²) in [5.41, 5.74) is 0.230. The number of carbonyl (C=O) groups excluding carboxylic acids is 1. The van der Waals surface area contributed by atoms with Gasteiger partial charge in [-0.05, 0) is 32.0 Å². The van der Waals surface area contributed by atoms with Crippen molar-refractivity contribution in [2.24, 2.45) is 0 Å². The molecule has 0 radical (unpaired) electrons. The lowest BCUT2D eigenvalue weighted by molar-refractivity contribution is -0.137. The Bertz CT molecular complexity index is 733. The Balaban J connectivity index is 2.08. The van der Waals surface area contributed by atoms with E-state index < -0.39 is 17.7 Å². The van der Waals surface area contributed by atoms with Gasteiger partial charge >= 0.3 is 0 Å². The summed E-state index contributed by atoms with van der Waals surface area (Å²) in [6.07, 6.45) is 0.487. The molecule has 23 heavy (non-hydrogen) atoms. The average Bonchev–Trinajstić information content (AvgIpc) is 2.89. The first-order valence-corrected chi connectivity index (χ1v) is 7.33. The van der Waals surface area contributed by atoms with Crippen LogP contribution in [0.25, 0.3) is 0 Å². The van der Waals surface area contributed by atoms with Crippen LogP contribution in [0.1, 0.15) is 31.0 Å². The molecule has 1 N–H and O–H groups in total. The third kappa shape index (κ3) is 2.43. The summed E-state index contributed by atoms with van der Waals surface area (Å²) in [6, 6.07) is 6.51. The predicted molar refractivity (Wildman–Crippen MR) is 81.4 cm³/mol. The maximum atomic E-state index is 12.3. The number of aliphatic hydroxyl groups excluding tert-OH is 1. The van der Waals surface area contributed by atoms with E-state index in [2.05, 4.69) is 6.07 Å². The zero-order chi connectivity index (χ0) is 16.8. The molecular formula is C17H18N2O4. The minimum absolute atomic E-state index is 0.225. The fraction of sp³-hybridized carbons (Fsp3) is 0.412. The van der Waals surface area contributed by atoms with Crippen LogP contribution in [0.15, 0.2) is 30.0 Å². The number of aliphatic hydroxyl groups is 1. The van der Waals surface area contributed by atoms with Gasteiger partial charge in [-0.25, -0.2) is 0 Å². The molecule has 0 fully saturated rings. The van der Waals surface area contributed by atoms with Gasteiger partial charge in [0.25, 0.3) is 5.91 Å². The lowest BCUT2D eigenvalue weighted by atomic mass is 9.85. The lowest BCUT2D eigenvalue weighted by Gasteiger charge is -2.45. The van der Waals surface area contributed by atoms with E-state index in [0.29, 0.717) is 22.6 Å². The van der Waals surface area contributed by atoms with Crippen molar-refractivity contribution in [3.63, 3.8) is 0 Å². The molecule has 0 spiro atoms. The summed E-state index contributed by atoms with van der Waals surface area (Å²) in [4.78, 5) is 13.9. The van der Waals surface area contributed by atoms with E-state index >= 15 is 0 Å². The van der Waals surface area contributed by atoms with Crippen molar-refractivity contribution in [2.45, 2.75) is 31.6 Å². The SMILES string of the molecule is COC1=CC(=O)N([C@@H]2c3cc(C#N)ccc3OC(C)(C)[C@H]2O)C1. The number of hydrogen-bond acceptors (Lipinski definition) is 5. The summed E-state index contributed by atoms with van der Waals surface area (Å²) in [5.74, 6) is 0.893. The number of fused-ring (bicyclic) bond motifs is 1. The van der Waals surface area contributed by atoms with Gasteiger partial charge in [-0.15, -0.1) is 0 Å². The minimum Gasteiger partial charge on any atom is -0.499 e. The Morgan fingerprint density at radius 1 is 1.48 bits per heavy atom. The third-order valence-electron chi connectivity index (χ3n) is 4.33. The van der Waals surface area contributed by atoms with Crippen molar-refractivity contribution < 1.29 is 19.4 Å². The van der Waals surface area contributed by atoms with Gasteiger partial charge in [0.15, 0.2) is 0 Å². The van der Waals surface area contributed by atoms with E-state index in [0.717, 1.165) is 0 Å². The van der Waals surface area contributed by atoms with E-state index in [1.54, 1.807) is 36.9 Å². The fourth-order valence-corrected chi connectivity index (χ4v) is 3.05. The number of ether oxygens (including phenoxy) is 2. The van der Waals surface area contributed by atoms with E-state index in [1.165, 1.54) is 13.2 Å². The van der Waals surface area contributed by atoms with Crippen LogP contribution < -0.4 is 4.74 Å². The third-order valence-corrected chi connectivity index (χ3v) is 4.33. The Labute approximate surface area is 134 Å². The van der Waals surface area contributed by atoms with Gasteiger partial charge in [-0.2, -0.15) is 5.26 Å². The predicted octanol–water partition coefficient (Wildman–Crippen LogP) is 1.50. The van der Waals surface area contributed by atoms with Gasteiger partial charge in [-0.3, -0.25) is 4.79 Å². The van der Waals surface area contributed by atoms with Crippen molar-refractivity contribution in [3.8, 4) is 11.8 Å². The fourth-order valence-electron chi connectivity index (χ4n) is 3.05. The molecule has 1 aromatic rings. The van der Waals surface area contributed by atoms with Crippen LogP contribution in [0.4, 0.5) is 0 Å². The highest BCUT2D eigenvalue weighted by Gasteiger charge is 2.47. The number of benzene rings is 1. The highest BCUT2D eigenvalue weighted by atomic mass is 16.5. The van der Waals surface area contributed by atoms with Crippen LogP contribution >= 0.6 is 0 Å². The average molecular weight is 314 g/mol. The zero-order valence-corrected chi connectivity index (χ0v) is 13.2. The molecule has 0 bridgehead atoms. The van der Waals surface area contributed by atoms with Crippen molar-refractivity contribution in [1.29, 1.82) is 5.26 Å². The standard InChI is InChI=1S/C17H18N2O4/c1-17(2)16(21)15(19-9-11(22-3)7-14(19)20)12-6-10(8-18)4-5-13(12)23-17/h4-7,15-16,21H,9H2,1-3H3/t15-,16+/m1/s1. The summed E-state index contributed by atoms with van der Waals surface area (Å²) < 4.78 is 11.0. The number of nitriles is 1. The second-order valence-electron chi connectivity index (χ2n) is 6.24. The van der Waals surface area contributed by atoms with E-state index in [1.807, 2.05) is 0 Å². The first-order valence-electron chi connectivity index (χ1n) is 7.33. The molecule has 0 saturated carbocycles. The molecule has 1 amide bonds. The molecule has 0 aromatic heterocycles. The molecule has 0 aliphatic carbocycles. The van der Waals surface area contributed by atoms with Gasteiger partial charge in [-0.1, -0.05) is 0 Å². The molecule has 120 valence electrons.